The van der Waals surface area contributed by atoms with E-state index in [4.69, 9.17) is 5.73 Å². The van der Waals surface area contributed by atoms with Crippen LogP contribution in [0.25, 0.3) is 0 Å². The fourth-order valence-electron chi connectivity index (χ4n) is 2.23. The van der Waals surface area contributed by atoms with Gasteiger partial charge in [0.25, 0.3) is 0 Å². The normalized spacial score (nSPS) is 10.7. The maximum Gasteiger partial charge on any atom is 0.182 e. The molecule has 4 heteroatoms. The fourth-order valence-corrected chi connectivity index (χ4v) is 2.23. The van der Waals surface area contributed by atoms with Crippen LogP contribution in [0.15, 0.2) is 36.4 Å². The molecule has 0 saturated carbocycles. The third kappa shape index (κ3) is 2.65. The average molecular weight is 276 g/mol. The Morgan fingerprint density at radius 1 is 1.10 bits per heavy atom. The molecule has 0 radical (unpaired) electrons. The van der Waals surface area contributed by atoms with Crippen LogP contribution >= 0.6 is 0 Å². The van der Waals surface area contributed by atoms with Gasteiger partial charge in [-0.2, -0.15) is 0 Å². The monoisotopic (exact) mass is 276 g/mol. The van der Waals surface area contributed by atoms with Crippen LogP contribution in [0.4, 0.5) is 20.2 Å². The lowest BCUT2D eigenvalue weighted by molar-refractivity contribution is 0.499. The molecule has 0 bridgehead atoms. The number of nitrogens with zero attached hydrogens (tertiary/aromatic N) is 1. The molecule has 0 aliphatic rings. The summed E-state index contributed by atoms with van der Waals surface area (Å²) in [4.78, 5) is 1.74. The molecule has 0 amide bonds. The van der Waals surface area contributed by atoms with E-state index in [1.807, 2.05) is 38.1 Å². The smallest absolute Gasteiger partial charge is 0.182 e. The molecule has 0 heterocycles. The van der Waals surface area contributed by atoms with E-state index in [9.17, 15) is 8.78 Å². The largest absolute Gasteiger partial charge is 0.339 e. The van der Waals surface area contributed by atoms with Crippen LogP contribution in [-0.2, 0) is 6.54 Å². The lowest BCUT2D eigenvalue weighted by atomic mass is 10.1. The molecule has 20 heavy (non-hydrogen) atoms. The number of rotatable bonds is 4. The molecule has 0 fully saturated rings. The number of nitrogens with two attached hydrogens (primary N) is 1. The van der Waals surface area contributed by atoms with Crippen molar-refractivity contribution < 1.29 is 8.78 Å². The summed E-state index contributed by atoms with van der Waals surface area (Å²) in [5.74, 6) is -1.72. The van der Waals surface area contributed by atoms with Gasteiger partial charge in [0, 0.05) is 24.3 Å². The summed E-state index contributed by atoms with van der Waals surface area (Å²) in [6.45, 7) is 4.39. The van der Waals surface area contributed by atoms with Gasteiger partial charge in [0.2, 0.25) is 0 Å². The van der Waals surface area contributed by atoms with Gasteiger partial charge < -0.3 is 10.6 Å². The average Bonchev–Trinajstić information content (AvgIpc) is 2.44. The Morgan fingerprint density at radius 2 is 1.85 bits per heavy atom. The maximum atomic E-state index is 14.2. The molecule has 2 rings (SSSR count). The van der Waals surface area contributed by atoms with E-state index in [1.165, 1.54) is 6.07 Å². The quantitative estimate of drug-likeness (QED) is 0.918. The zero-order valence-corrected chi connectivity index (χ0v) is 11.7. The predicted molar refractivity (Wildman–Crippen MR) is 78.1 cm³/mol. The van der Waals surface area contributed by atoms with Gasteiger partial charge in [-0.25, -0.2) is 8.78 Å². The summed E-state index contributed by atoms with van der Waals surface area (Å²) in [6, 6.07) is 10.8. The highest BCUT2D eigenvalue weighted by Gasteiger charge is 2.17. The second kappa shape index (κ2) is 6.01. The topological polar surface area (TPSA) is 29.3 Å². The van der Waals surface area contributed by atoms with Crippen LogP contribution in [0.5, 0.6) is 0 Å². The van der Waals surface area contributed by atoms with Crippen molar-refractivity contribution in [3.05, 3.63) is 59.2 Å². The van der Waals surface area contributed by atoms with E-state index in [2.05, 4.69) is 0 Å². The van der Waals surface area contributed by atoms with Gasteiger partial charge in [0.15, 0.2) is 11.6 Å². The molecule has 0 spiro atoms. The van der Waals surface area contributed by atoms with Crippen molar-refractivity contribution in [2.24, 2.45) is 5.73 Å². The van der Waals surface area contributed by atoms with Crippen molar-refractivity contribution in [3.63, 3.8) is 0 Å². The van der Waals surface area contributed by atoms with E-state index in [0.717, 1.165) is 11.3 Å². The lowest BCUT2D eigenvalue weighted by Crippen LogP contribution is -2.18. The number of aryl methyl sites for hydroxylation is 1. The van der Waals surface area contributed by atoms with Crippen molar-refractivity contribution in [1.29, 1.82) is 0 Å². The van der Waals surface area contributed by atoms with Crippen LogP contribution in [0.2, 0.25) is 0 Å². The SMILES string of the molecule is CCN(c1cccc(C)c1)c1ccc(CN)c(F)c1F. The molecule has 0 aromatic heterocycles. The molecule has 2 nitrogen and oxygen atoms in total. The number of halogens is 2. The molecule has 0 saturated heterocycles. The second-order valence-corrected chi connectivity index (χ2v) is 4.66. The number of hydrogen-bond acceptors (Lipinski definition) is 2. The third-order valence-corrected chi connectivity index (χ3v) is 3.28. The lowest BCUT2D eigenvalue weighted by Gasteiger charge is -2.24. The summed E-state index contributed by atoms with van der Waals surface area (Å²) in [5, 5.41) is 0. The molecular weight excluding hydrogens is 258 g/mol. The fraction of sp³-hybridized carbons (Fsp3) is 0.250. The van der Waals surface area contributed by atoms with Crippen LogP contribution < -0.4 is 10.6 Å². The Kier molecular flexibility index (Phi) is 4.35. The van der Waals surface area contributed by atoms with E-state index in [1.54, 1.807) is 11.0 Å². The van der Waals surface area contributed by atoms with Gasteiger partial charge in [-0.15, -0.1) is 0 Å². The highest BCUT2D eigenvalue weighted by Crippen LogP contribution is 2.30. The summed E-state index contributed by atoms with van der Waals surface area (Å²) in [7, 11) is 0. The molecule has 0 unspecified atom stereocenters. The molecular formula is C16H18F2N2. The van der Waals surface area contributed by atoms with Gasteiger partial charge in [0.05, 0.1) is 5.69 Å². The first-order valence-corrected chi connectivity index (χ1v) is 6.59. The highest BCUT2D eigenvalue weighted by molar-refractivity contribution is 5.64. The van der Waals surface area contributed by atoms with Crippen LogP contribution in [0.1, 0.15) is 18.1 Å². The minimum absolute atomic E-state index is 0.0143. The first-order valence-electron chi connectivity index (χ1n) is 6.59. The molecule has 106 valence electrons. The van der Waals surface area contributed by atoms with Gasteiger partial charge in [0.1, 0.15) is 0 Å². The summed E-state index contributed by atoms with van der Waals surface area (Å²) in [5.41, 5.74) is 7.71. The van der Waals surface area contributed by atoms with Gasteiger partial charge in [-0.1, -0.05) is 18.2 Å². The Labute approximate surface area is 117 Å². The standard InChI is InChI=1S/C16H18F2N2/c1-3-20(13-6-4-5-11(2)9-13)14-8-7-12(10-19)15(17)16(14)18/h4-9H,3,10,19H2,1-2H3. The number of hydrogen-bond donors (Lipinski definition) is 1. The molecule has 2 aromatic carbocycles. The van der Waals surface area contributed by atoms with Crippen molar-refractivity contribution in [2.45, 2.75) is 20.4 Å². The summed E-state index contributed by atoms with van der Waals surface area (Å²) < 4.78 is 28.1. The Hall–Kier alpha value is -1.94. The summed E-state index contributed by atoms with van der Waals surface area (Å²) >= 11 is 0. The van der Waals surface area contributed by atoms with Gasteiger partial charge in [-0.05, 0) is 37.6 Å². The first-order chi connectivity index (χ1) is 9.58. The minimum atomic E-state index is -0.865. The summed E-state index contributed by atoms with van der Waals surface area (Å²) in [6.07, 6.45) is 0. The Morgan fingerprint density at radius 3 is 2.45 bits per heavy atom. The molecule has 0 aliphatic heterocycles. The van der Waals surface area contributed by atoms with Crippen LogP contribution in [0.3, 0.4) is 0 Å². The van der Waals surface area contributed by atoms with E-state index in [0.29, 0.717) is 6.54 Å². The van der Waals surface area contributed by atoms with Gasteiger partial charge >= 0.3 is 0 Å². The van der Waals surface area contributed by atoms with E-state index >= 15 is 0 Å². The zero-order valence-electron chi connectivity index (χ0n) is 11.7. The first kappa shape index (κ1) is 14.5. The van der Waals surface area contributed by atoms with Crippen molar-refractivity contribution in [2.75, 3.05) is 11.4 Å². The highest BCUT2D eigenvalue weighted by atomic mass is 19.2. The third-order valence-electron chi connectivity index (χ3n) is 3.28. The number of anilines is 2. The Balaban J connectivity index is 2.50. The second-order valence-electron chi connectivity index (χ2n) is 4.66. The van der Waals surface area contributed by atoms with Gasteiger partial charge in [-0.3, -0.25) is 0 Å². The molecule has 2 aromatic rings. The van der Waals surface area contributed by atoms with Crippen molar-refractivity contribution >= 4 is 11.4 Å². The zero-order chi connectivity index (χ0) is 14.7. The maximum absolute atomic E-state index is 14.2. The van der Waals surface area contributed by atoms with E-state index in [-0.39, 0.29) is 17.8 Å². The molecule has 0 atom stereocenters. The molecule has 0 aliphatic carbocycles. The minimum Gasteiger partial charge on any atom is -0.339 e. The predicted octanol–water partition coefficient (Wildman–Crippen LogP) is 3.89. The van der Waals surface area contributed by atoms with Crippen LogP contribution in [0, 0.1) is 18.6 Å². The number of benzene rings is 2. The Bertz CT molecular complexity index is 611. The van der Waals surface area contributed by atoms with Crippen LogP contribution in [-0.4, -0.2) is 6.54 Å². The van der Waals surface area contributed by atoms with E-state index < -0.39 is 11.6 Å². The van der Waals surface area contributed by atoms with Crippen molar-refractivity contribution in [3.8, 4) is 0 Å². The molecule has 2 N–H and O–H groups in total. The van der Waals surface area contributed by atoms with Crippen molar-refractivity contribution in [1.82, 2.24) is 0 Å².